The Morgan fingerprint density at radius 1 is 1.44 bits per heavy atom. The maximum atomic E-state index is 12.3. The summed E-state index contributed by atoms with van der Waals surface area (Å²) in [5, 5.41) is 9.07. The van der Waals surface area contributed by atoms with Crippen molar-refractivity contribution in [2.24, 2.45) is 17.1 Å². The second kappa shape index (κ2) is 4.34. The van der Waals surface area contributed by atoms with Gasteiger partial charge in [-0.25, -0.2) is 0 Å². The molecule has 1 amide bonds. The quantitative estimate of drug-likeness (QED) is 0.743. The van der Waals surface area contributed by atoms with E-state index in [1.54, 1.807) is 0 Å². The fourth-order valence-electron chi connectivity index (χ4n) is 1.84. The Labute approximate surface area is 97.8 Å². The lowest BCUT2D eigenvalue weighted by molar-refractivity contribution is -0.142. The molecule has 0 aromatic heterocycles. The van der Waals surface area contributed by atoms with E-state index >= 15 is 0 Å². The molecule has 0 radical (unpaired) electrons. The number of nitrogens with two attached hydrogens (primary N) is 1. The second-order valence-electron chi connectivity index (χ2n) is 5.94. The fraction of sp³-hybridized carbons (Fsp3) is 0.917. The number of hydrogen-bond acceptors (Lipinski definition) is 3. The molecule has 1 rings (SSSR count). The molecule has 0 aromatic carbocycles. The fourth-order valence-corrected chi connectivity index (χ4v) is 1.84. The number of likely N-dealkylation sites (tertiary alicyclic amines) is 1. The van der Waals surface area contributed by atoms with Gasteiger partial charge < -0.3 is 15.7 Å². The minimum absolute atomic E-state index is 0.0935. The Bertz CT molecular complexity index is 269. The zero-order valence-electron chi connectivity index (χ0n) is 10.8. The van der Waals surface area contributed by atoms with Crippen molar-refractivity contribution in [2.75, 3.05) is 19.7 Å². The highest BCUT2D eigenvalue weighted by molar-refractivity contribution is 5.83. The third kappa shape index (κ3) is 2.38. The lowest BCUT2D eigenvalue weighted by atomic mass is 9.74. The average Bonchev–Trinajstić information content (AvgIpc) is 2.62. The molecule has 94 valence electrons. The van der Waals surface area contributed by atoms with Gasteiger partial charge in [0.05, 0.1) is 5.41 Å². The van der Waals surface area contributed by atoms with Crippen LogP contribution >= 0.6 is 0 Å². The van der Waals surface area contributed by atoms with Crippen molar-refractivity contribution in [1.29, 1.82) is 0 Å². The highest BCUT2D eigenvalue weighted by Gasteiger charge is 2.44. The van der Waals surface area contributed by atoms with Crippen molar-refractivity contribution in [1.82, 2.24) is 4.90 Å². The number of hydrogen-bond donors (Lipinski definition) is 2. The van der Waals surface area contributed by atoms with E-state index in [2.05, 4.69) is 0 Å². The van der Waals surface area contributed by atoms with Crippen LogP contribution in [0.25, 0.3) is 0 Å². The number of carbonyl (C=O) groups excluding carboxylic acids is 1. The summed E-state index contributed by atoms with van der Waals surface area (Å²) >= 11 is 0. The standard InChI is InChI=1S/C12H24N2O2/c1-11(2,12(3,4)13)10(16)14-6-5-9(7-14)8-15/h9,15H,5-8,13H2,1-4H3. The van der Waals surface area contributed by atoms with Crippen LogP contribution in [0, 0.1) is 11.3 Å². The van der Waals surface area contributed by atoms with Crippen LogP contribution in [0.3, 0.4) is 0 Å². The van der Waals surface area contributed by atoms with Crippen LogP contribution in [-0.2, 0) is 4.79 Å². The monoisotopic (exact) mass is 228 g/mol. The lowest BCUT2D eigenvalue weighted by Crippen LogP contribution is -2.56. The molecule has 3 N–H and O–H groups in total. The molecule has 0 spiro atoms. The molecule has 1 saturated heterocycles. The molecule has 4 nitrogen and oxygen atoms in total. The van der Waals surface area contributed by atoms with Crippen LogP contribution in [0.2, 0.25) is 0 Å². The summed E-state index contributed by atoms with van der Waals surface area (Å²) in [6, 6.07) is 0. The summed E-state index contributed by atoms with van der Waals surface area (Å²) in [5.74, 6) is 0.330. The van der Waals surface area contributed by atoms with Crippen molar-refractivity contribution >= 4 is 5.91 Å². The number of nitrogens with zero attached hydrogens (tertiary/aromatic N) is 1. The van der Waals surface area contributed by atoms with Gasteiger partial charge in [-0.15, -0.1) is 0 Å². The molecule has 1 aliphatic heterocycles. The largest absolute Gasteiger partial charge is 0.396 e. The van der Waals surface area contributed by atoms with E-state index in [1.165, 1.54) is 0 Å². The van der Waals surface area contributed by atoms with Gasteiger partial charge in [-0.3, -0.25) is 4.79 Å². The third-order valence-electron chi connectivity index (χ3n) is 3.98. The van der Waals surface area contributed by atoms with Crippen LogP contribution in [0.15, 0.2) is 0 Å². The average molecular weight is 228 g/mol. The third-order valence-corrected chi connectivity index (χ3v) is 3.98. The molecule has 16 heavy (non-hydrogen) atoms. The Morgan fingerprint density at radius 3 is 2.38 bits per heavy atom. The first-order chi connectivity index (χ1) is 7.20. The van der Waals surface area contributed by atoms with Gasteiger partial charge in [0.25, 0.3) is 0 Å². The van der Waals surface area contributed by atoms with Crippen molar-refractivity contribution in [3.05, 3.63) is 0 Å². The first-order valence-corrected chi connectivity index (χ1v) is 5.89. The second-order valence-corrected chi connectivity index (χ2v) is 5.94. The van der Waals surface area contributed by atoms with Gasteiger partial charge in [-0.05, 0) is 34.1 Å². The summed E-state index contributed by atoms with van der Waals surface area (Å²) in [6.45, 7) is 9.10. The maximum Gasteiger partial charge on any atom is 0.230 e. The van der Waals surface area contributed by atoms with Crippen molar-refractivity contribution in [3.63, 3.8) is 0 Å². The molecule has 0 saturated carbocycles. The van der Waals surface area contributed by atoms with E-state index in [0.717, 1.165) is 13.0 Å². The number of aliphatic hydroxyl groups excluding tert-OH is 1. The predicted molar refractivity (Wildman–Crippen MR) is 63.8 cm³/mol. The zero-order chi connectivity index (χ0) is 12.6. The Morgan fingerprint density at radius 2 is 2.00 bits per heavy atom. The molecule has 0 aliphatic carbocycles. The first kappa shape index (κ1) is 13.5. The molecule has 1 aliphatic rings. The predicted octanol–water partition coefficient (Wildman–Crippen LogP) is 0.591. The van der Waals surface area contributed by atoms with E-state index in [4.69, 9.17) is 10.8 Å². The first-order valence-electron chi connectivity index (χ1n) is 5.89. The van der Waals surface area contributed by atoms with E-state index < -0.39 is 11.0 Å². The molecule has 1 fully saturated rings. The molecule has 0 aromatic rings. The highest BCUT2D eigenvalue weighted by Crippen LogP contribution is 2.32. The van der Waals surface area contributed by atoms with E-state index in [9.17, 15) is 4.79 Å². The van der Waals surface area contributed by atoms with Crippen molar-refractivity contribution in [2.45, 2.75) is 39.7 Å². The highest BCUT2D eigenvalue weighted by atomic mass is 16.3. The van der Waals surface area contributed by atoms with E-state index in [0.29, 0.717) is 6.54 Å². The molecule has 0 bridgehead atoms. The van der Waals surface area contributed by atoms with Crippen LogP contribution in [0.4, 0.5) is 0 Å². The summed E-state index contributed by atoms with van der Waals surface area (Å²) in [4.78, 5) is 14.2. The van der Waals surface area contributed by atoms with E-state index in [1.807, 2.05) is 32.6 Å². The van der Waals surface area contributed by atoms with Gasteiger partial charge in [-0.2, -0.15) is 0 Å². The van der Waals surface area contributed by atoms with Crippen LogP contribution in [-0.4, -0.2) is 41.1 Å². The van der Waals surface area contributed by atoms with Gasteiger partial charge in [0, 0.05) is 31.2 Å². The van der Waals surface area contributed by atoms with Crippen LogP contribution < -0.4 is 5.73 Å². The van der Waals surface area contributed by atoms with Gasteiger partial charge in [0.2, 0.25) is 5.91 Å². The van der Waals surface area contributed by atoms with Crippen molar-refractivity contribution < 1.29 is 9.90 Å². The summed E-state index contributed by atoms with van der Waals surface area (Å²) in [6.07, 6.45) is 0.892. The van der Waals surface area contributed by atoms with Gasteiger partial charge in [0.1, 0.15) is 0 Å². The van der Waals surface area contributed by atoms with Crippen LogP contribution in [0.5, 0.6) is 0 Å². The van der Waals surface area contributed by atoms with Crippen molar-refractivity contribution in [3.8, 4) is 0 Å². The lowest BCUT2D eigenvalue weighted by Gasteiger charge is -2.39. The van der Waals surface area contributed by atoms with Gasteiger partial charge >= 0.3 is 0 Å². The number of aliphatic hydroxyl groups is 1. The Hall–Kier alpha value is -0.610. The van der Waals surface area contributed by atoms with Crippen LogP contribution in [0.1, 0.15) is 34.1 Å². The summed E-state index contributed by atoms with van der Waals surface area (Å²) in [7, 11) is 0. The summed E-state index contributed by atoms with van der Waals surface area (Å²) < 4.78 is 0. The number of rotatable bonds is 3. The SMILES string of the molecule is CC(C)(N)C(C)(C)C(=O)N1CCC(CO)C1. The maximum absolute atomic E-state index is 12.3. The molecular formula is C12H24N2O2. The number of amides is 1. The van der Waals surface area contributed by atoms with Gasteiger partial charge in [-0.1, -0.05) is 0 Å². The molecule has 4 heteroatoms. The topological polar surface area (TPSA) is 66.6 Å². The minimum Gasteiger partial charge on any atom is -0.396 e. The smallest absolute Gasteiger partial charge is 0.230 e. The van der Waals surface area contributed by atoms with Gasteiger partial charge in [0.15, 0.2) is 0 Å². The Balaban J connectivity index is 2.72. The van der Waals surface area contributed by atoms with E-state index in [-0.39, 0.29) is 18.4 Å². The Kier molecular flexibility index (Phi) is 3.65. The number of carbonyl (C=O) groups is 1. The minimum atomic E-state index is -0.572. The normalized spacial score (nSPS) is 22.6. The molecule has 1 atom stereocenters. The molecule has 1 unspecified atom stereocenters. The molecular weight excluding hydrogens is 204 g/mol. The summed E-state index contributed by atoms with van der Waals surface area (Å²) in [5.41, 5.74) is 4.94. The molecule has 1 heterocycles. The zero-order valence-corrected chi connectivity index (χ0v) is 10.8.